The van der Waals surface area contributed by atoms with Crippen molar-refractivity contribution in [3.05, 3.63) is 35.2 Å². The van der Waals surface area contributed by atoms with Crippen LogP contribution < -0.4 is 14.8 Å². The number of benzene rings is 1. The fourth-order valence-electron chi connectivity index (χ4n) is 2.18. The molecule has 0 saturated carbocycles. The smallest absolute Gasteiger partial charge is 0.258 e. The van der Waals surface area contributed by atoms with Gasteiger partial charge in [-0.1, -0.05) is 5.16 Å². The molecule has 0 aliphatic heterocycles. The Bertz CT molecular complexity index is 865. The topological polar surface area (TPSA) is 86.5 Å². The molecule has 0 saturated heterocycles. The van der Waals surface area contributed by atoms with Gasteiger partial charge < -0.3 is 19.3 Å². The summed E-state index contributed by atoms with van der Waals surface area (Å²) < 4.78 is 15.9. The lowest BCUT2D eigenvalue weighted by atomic mass is 10.2. The molecule has 0 aliphatic carbocycles. The van der Waals surface area contributed by atoms with Crippen molar-refractivity contribution in [3.63, 3.8) is 0 Å². The Labute approximate surface area is 148 Å². The van der Waals surface area contributed by atoms with Crippen LogP contribution in [0.25, 0.3) is 22.2 Å². The molecule has 0 aliphatic rings. The van der Waals surface area contributed by atoms with E-state index in [4.69, 9.17) is 14.0 Å². The van der Waals surface area contributed by atoms with Gasteiger partial charge in [0.2, 0.25) is 11.7 Å². The van der Waals surface area contributed by atoms with Crippen LogP contribution in [0, 0.1) is 0 Å². The SMILES string of the molecule is COc1cc(OC)cc(-c2nc(-c3ccc(CNC(C)=O)s3)no2)c1. The zero-order valence-electron chi connectivity index (χ0n) is 14.0. The van der Waals surface area contributed by atoms with Gasteiger partial charge in [0.15, 0.2) is 0 Å². The first kappa shape index (κ1) is 17.0. The van der Waals surface area contributed by atoms with Crippen LogP contribution in [-0.4, -0.2) is 30.3 Å². The Hall–Kier alpha value is -2.87. The number of carbonyl (C=O) groups is 1. The minimum absolute atomic E-state index is 0.0660. The highest BCUT2D eigenvalue weighted by Crippen LogP contribution is 2.31. The normalized spacial score (nSPS) is 10.5. The summed E-state index contributed by atoms with van der Waals surface area (Å²) in [6.45, 7) is 1.97. The van der Waals surface area contributed by atoms with Gasteiger partial charge >= 0.3 is 0 Å². The van der Waals surface area contributed by atoms with Gasteiger partial charge in [-0.15, -0.1) is 11.3 Å². The molecule has 7 nitrogen and oxygen atoms in total. The molecule has 0 radical (unpaired) electrons. The Kier molecular flexibility index (Phi) is 4.99. The van der Waals surface area contributed by atoms with Gasteiger partial charge in [-0.3, -0.25) is 4.79 Å². The van der Waals surface area contributed by atoms with Gasteiger partial charge in [0.05, 0.1) is 25.6 Å². The van der Waals surface area contributed by atoms with Crippen molar-refractivity contribution < 1.29 is 18.8 Å². The second-order valence-electron chi connectivity index (χ2n) is 5.20. The van der Waals surface area contributed by atoms with Crippen molar-refractivity contribution in [2.24, 2.45) is 0 Å². The number of aromatic nitrogens is 2. The minimum Gasteiger partial charge on any atom is -0.497 e. The van der Waals surface area contributed by atoms with Crippen molar-refractivity contribution in [1.82, 2.24) is 15.5 Å². The van der Waals surface area contributed by atoms with Crippen molar-refractivity contribution in [2.75, 3.05) is 14.2 Å². The number of nitrogens with zero attached hydrogens (tertiary/aromatic N) is 2. The summed E-state index contributed by atoms with van der Waals surface area (Å²) in [5.74, 6) is 2.09. The van der Waals surface area contributed by atoms with Crippen LogP contribution in [0.15, 0.2) is 34.9 Å². The van der Waals surface area contributed by atoms with E-state index in [-0.39, 0.29) is 5.91 Å². The fraction of sp³-hybridized carbons (Fsp3) is 0.235. The molecule has 2 heterocycles. The first-order chi connectivity index (χ1) is 12.1. The average molecular weight is 359 g/mol. The maximum atomic E-state index is 11.0. The standard InChI is InChI=1S/C17H17N3O4S/c1-10(21)18-9-14-4-5-15(25-14)16-19-17(24-20-16)11-6-12(22-2)8-13(7-11)23-3/h4-8H,9H2,1-3H3,(H,18,21). The lowest BCUT2D eigenvalue weighted by molar-refractivity contribution is -0.119. The van der Waals surface area contributed by atoms with E-state index >= 15 is 0 Å². The van der Waals surface area contributed by atoms with Crippen LogP contribution in [0.2, 0.25) is 0 Å². The summed E-state index contributed by atoms with van der Waals surface area (Å²) in [6, 6.07) is 9.21. The zero-order valence-corrected chi connectivity index (χ0v) is 14.8. The van der Waals surface area contributed by atoms with E-state index < -0.39 is 0 Å². The third kappa shape index (κ3) is 3.97. The molecule has 3 rings (SSSR count). The van der Waals surface area contributed by atoms with E-state index in [0.717, 1.165) is 9.75 Å². The maximum absolute atomic E-state index is 11.0. The molecular weight excluding hydrogens is 342 g/mol. The maximum Gasteiger partial charge on any atom is 0.258 e. The molecule has 8 heteroatoms. The molecule has 1 aromatic carbocycles. The van der Waals surface area contributed by atoms with Crippen molar-refractivity contribution >= 4 is 17.2 Å². The number of rotatable bonds is 6. The van der Waals surface area contributed by atoms with Gasteiger partial charge in [0.1, 0.15) is 11.5 Å². The quantitative estimate of drug-likeness (QED) is 0.728. The van der Waals surface area contributed by atoms with E-state index in [1.54, 1.807) is 32.4 Å². The van der Waals surface area contributed by atoms with E-state index in [0.29, 0.717) is 35.3 Å². The van der Waals surface area contributed by atoms with E-state index in [2.05, 4.69) is 15.5 Å². The predicted octanol–water partition coefficient (Wildman–Crippen LogP) is 3.12. The summed E-state index contributed by atoms with van der Waals surface area (Å²) in [6.07, 6.45) is 0. The number of thiophene rings is 1. The number of hydrogen-bond acceptors (Lipinski definition) is 7. The number of methoxy groups -OCH3 is 2. The third-order valence-corrected chi connectivity index (χ3v) is 4.50. The molecule has 1 N–H and O–H groups in total. The summed E-state index contributed by atoms with van der Waals surface area (Å²) in [4.78, 5) is 17.3. The van der Waals surface area contributed by atoms with E-state index in [9.17, 15) is 4.79 Å². The van der Waals surface area contributed by atoms with Crippen LogP contribution in [0.3, 0.4) is 0 Å². The van der Waals surface area contributed by atoms with Crippen LogP contribution >= 0.6 is 11.3 Å². The molecule has 2 aromatic heterocycles. The van der Waals surface area contributed by atoms with E-state index in [1.165, 1.54) is 18.3 Å². The van der Waals surface area contributed by atoms with Crippen molar-refractivity contribution in [2.45, 2.75) is 13.5 Å². The van der Waals surface area contributed by atoms with E-state index in [1.807, 2.05) is 12.1 Å². The van der Waals surface area contributed by atoms with Crippen molar-refractivity contribution in [1.29, 1.82) is 0 Å². The number of nitrogens with one attached hydrogen (secondary N) is 1. The first-order valence-electron chi connectivity index (χ1n) is 7.49. The summed E-state index contributed by atoms with van der Waals surface area (Å²) in [5, 5.41) is 6.80. The number of amides is 1. The number of hydrogen-bond donors (Lipinski definition) is 1. The van der Waals surface area contributed by atoms with Gasteiger partial charge in [0, 0.05) is 23.4 Å². The molecule has 0 spiro atoms. The molecule has 3 aromatic rings. The molecule has 1 amide bonds. The molecule has 0 bridgehead atoms. The fourth-order valence-corrected chi connectivity index (χ4v) is 3.05. The Balaban J connectivity index is 1.84. The Morgan fingerprint density at radius 3 is 2.56 bits per heavy atom. The zero-order chi connectivity index (χ0) is 17.8. The average Bonchev–Trinajstić information content (AvgIpc) is 3.28. The Morgan fingerprint density at radius 1 is 1.20 bits per heavy atom. The van der Waals surface area contributed by atoms with Crippen molar-refractivity contribution in [3.8, 4) is 33.7 Å². The van der Waals surface area contributed by atoms with Crippen LogP contribution in [0.5, 0.6) is 11.5 Å². The summed E-state index contributed by atoms with van der Waals surface area (Å²) in [5.41, 5.74) is 0.713. The lowest BCUT2D eigenvalue weighted by Gasteiger charge is -2.05. The molecule has 0 atom stereocenters. The second-order valence-corrected chi connectivity index (χ2v) is 6.37. The summed E-state index contributed by atoms with van der Waals surface area (Å²) in [7, 11) is 3.17. The molecule has 130 valence electrons. The number of ether oxygens (including phenoxy) is 2. The van der Waals surface area contributed by atoms with Crippen LogP contribution in [0.4, 0.5) is 0 Å². The molecular formula is C17H17N3O4S. The van der Waals surface area contributed by atoms with Gasteiger partial charge in [-0.05, 0) is 24.3 Å². The largest absolute Gasteiger partial charge is 0.497 e. The molecule has 0 unspecified atom stereocenters. The second kappa shape index (κ2) is 7.35. The Morgan fingerprint density at radius 2 is 1.92 bits per heavy atom. The predicted molar refractivity (Wildman–Crippen MR) is 93.7 cm³/mol. The van der Waals surface area contributed by atoms with Crippen LogP contribution in [0.1, 0.15) is 11.8 Å². The van der Waals surface area contributed by atoms with Gasteiger partial charge in [-0.2, -0.15) is 4.98 Å². The monoisotopic (exact) mass is 359 g/mol. The van der Waals surface area contributed by atoms with Gasteiger partial charge in [-0.25, -0.2) is 0 Å². The highest BCUT2D eigenvalue weighted by atomic mass is 32.1. The first-order valence-corrected chi connectivity index (χ1v) is 8.31. The summed E-state index contributed by atoms with van der Waals surface area (Å²) >= 11 is 1.50. The third-order valence-electron chi connectivity index (χ3n) is 3.42. The highest BCUT2D eigenvalue weighted by Gasteiger charge is 2.14. The molecule has 25 heavy (non-hydrogen) atoms. The molecule has 0 fully saturated rings. The highest BCUT2D eigenvalue weighted by molar-refractivity contribution is 7.15. The van der Waals surface area contributed by atoms with Crippen LogP contribution in [-0.2, 0) is 11.3 Å². The number of carbonyl (C=O) groups excluding carboxylic acids is 1. The lowest BCUT2D eigenvalue weighted by Crippen LogP contribution is -2.17. The minimum atomic E-state index is -0.0660. The van der Waals surface area contributed by atoms with Gasteiger partial charge in [0.25, 0.3) is 5.89 Å².